The molecule has 0 spiro atoms. The minimum absolute atomic E-state index is 0. The number of carbonyl (C=O) groups is 1. The van der Waals surface area contributed by atoms with Crippen molar-refractivity contribution in [2.24, 2.45) is 5.92 Å². The summed E-state index contributed by atoms with van der Waals surface area (Å²) in [6.07, 6.45) is 4.49. The third kappa shape index (κ3) is 10.2. The number of likely N-dealkylation sites (N-methyl/N-ethyl adjacent to an activating group) is 1. The molecule has 1 aliphatic heterocycles. The Morgan fingerprint density at radius 2 is 1.63 bits per heavy atom. The van der Waals surface area contributed by atoms with Crippen molar-refractivity contribution >= 4 is 28.4 Å². The number of hydrogen-bond acceptors (Lipinski definition) is 6. The lowest BCUT2D eigenvalue weighted by atomic mass is 9.92. The second-order valence-electron chi connectivity index (χ2n) is 11.2. The van der Waals surface area contributed by atoms with E-state index in [1.54, 1.807) is 31.3 Å². The van der Waals surface area contributed by atoms with E-state index in [2.05, 4.69) is 29.3 Å². The van der Waals surface area contributed by atoms with Crippen LogP contribution in [0.2, 0.25) is 0 Å². The molecule has 4 rings (SSSR count). The third-order valence-electron chi connectivity index (χ3n) is 8.15. The number of nitrogens with zero attached hydrogens (tertiary/aromatic N) is 2. The minimum atomic E-state index is -3.60. The minimum Gasteiger partial charge on any atom is -0.461 e. The van der Waals surface area contributed by atoms with E-state index in [0.29, 0.717) is 24.5 Å². The van der Waals surface area contributed by atoms with E-state index in [1.165, 1.54) is 4.31 Å². The normalized spacial score (nSPS) is 18.1. The fraction of sp³-hybridized carbons (Fsp3) is 0.441. The van der Waals surface area contributed by atoms with Gasteiger partial charge < -0.3 is 10.1 Å². The van der Waals surface area contributed by atoms with Gasteiger partial charge in [-0.25, -0.2) is 12.7 Å². The molecule has 0 aliphatic carbocycles. The zero-order chi connectivity index (χ0) is 29.8. The maximum atomic E-state index is 13.3. The first-order valence-corrected chi connectivity index (χ1v) is 16.6. The number of likely N-dealkylation sites (tertiary alicyclic amines) is 1. The first-order chi connectivity index (χ1) is 20.4. The van der Waals surface area contributed by atoms with Gasteiger partial charge >= 0.3 is 5.97 Å². The Hall–Kier alpha value is -2.75. The van der Waals surface area contributed by atoms with Crippen LogP contribution in [0.4, 0.5) is 0 Å². The molecule has 0 saturated carbocycles. The molecule has 0 radical (unpaired) electrons. The van der Waals surface area contributed by atoms with Gasteiger partial charge in [-0.2, -0.15) is 0 Å². The molecular formula is C34H46ClN3O4S. The van der Waals surface area contributed by atoms with Gasteiger partial charge in [0.15, 0.2) is 0 Å². The van der Waals surface area contributed by atoms with E-state index in [1.807, 2.05) is 54.6 Å². The van der Waals surface area contributed by atoms with E-state index in [0.717, 1.165) is 56.4 Å². The van der Waals surface area contributed by atoms with Crippen molar-refractivity contribution in [2.45, 2.75) is 62.6 Å². The summed E-state index contributed by atoms with van der Waals surface area (Å²) in [4.78, 5) is 15.7. The van der Waals surface area contributed by atoms with Crippen molar-refractivity contribution in [3.63, 3.8) is 0 Å². The predicted molar refractivity (Wildman–Crippen MR) is 175 cm³/mol. The quantitative estimate of drug-likeness (QED) is 0.163. The summed E-state index contributed by atoms with van der Waals surface area (Å²) < 4.78 is 33.8. The van der Waals surface area contributed by atoms with Crippen LogP contribution in [-0.2, 0) is 26.2 Å². The van der Waals surface area contributed by atoms with Gasteiger partial charge in [-0.1, -0.05) is 92.2 Å². The fourth-order valence-corrected chi connectivity index (χ4v) is 6.83. The van der Waals surface area contributed by atoms with Crippen LogP contribution in [0.25, 0.3) is 0 Å². The number of nitrogens with one attached hydrogen (secondary N) is 1. The first kappa shape index (κ1) is 34.7. The van der Waals surface area contributed by atoms with Crippen molar-refractivity contribution in [3.05, 3.63) is 102 Å². The summed E-state index contributed by atoms with van der Waals surface area (Å²) in [5, 5.41) is 3.69. The zero-order valence-electron chi connectivity index (χ0n) is 25.3. The van der Waals surface area contributed by atoms with Crippen LogP contribution >= 0.6 is 12.4 Å². The van der Waals surface area contributed by atoms with Crippen molar-refractivity contribution in [1.82, 2.24) is 14.5 Å². The summed E-state index contributed by atoms with van der Waals surface area (Å²) in [6.45, 7) is 5.34. The second kappa shape index (κ2) is 17.5. The van der Waals surface area contributed by atoms with Gasteiger partial charge in [0.1, 0.15) is 6.61 Å². The molecule has 3 atom stereocenters. The molecule has 9 heteroatoms. The van der Waals surface area contributed by atoms with Crippen LogP contribution in [0.15, 0.2) is 95.9 Å². The highest BCUT2D eigenvalue weighted by molar-refractivity contribution is 7.89. The number of hydrogen-bond donors (Lipinski definition) is 1. The second-order valence-corrected chi connectivity index (χ2v) is 13.2. The number of halogens is 1. The van der Waals surface area contributed by atoms with Gasteiger partial charge in [0.05, 0.1) is 17.0 Å². The lowest BCUT2D eigenvalue weighted by molar-refractivity contribution is -0.152. The number of piperidine rings is 1. The molecule has 1 heterocycles. The molecule has 3 aromatic carbocycles. The van der Waals surface area contributed by atoms with Crippen molar-refractivity contribution in [3.8, 4) is 0 Å². The number of ether oxygens (including phenoxy) is 1. The van der Waals surface area contributed by atoms with Crippen LogP contribution in [0.1, 0.15) is 56.1 Å². The average Bonchev–Trinajstić information content (AvgIpc) is 3.03. The Labute approximate surface area is 264 Å². The zero-order valence-corrected chi connectivity index (χ0v) is 26.9. The highest BCUT2D eigenvalue weighted by Crippen LogP contribution is 2.28. The number of unbranched alkanes of at least 4 members (excludes halogenated alkanes) is 1. The molecule has 3 aromatic rings. The van der Waals surface area contributed by atoms with Gasteiger partial charge in [-0.3, -0.25) is 9.69 Å². The molecule has 1 aliphatic rings. The van der Waals surface area contributed by atoms with E-state index >= 15 is 0 Å². The van der Waals surface area contributed by atoms with Crippen LogP contribution < -0.4 is 5.32 Å². The molecule has 1 saturated heterocycles. The maximum absolute atomic E-state index is 13.3. The van der Waals surface area contributed by atoms with Gasteiger partial charge in [-0.15, -0.1) is 12.4 Å². The SMILES string of the molecule is CCCCN[C@H]1C[C@@H](C(=O)OCc2ccccc2)CCN1CCC(CN(C)S(=O)(=O)c1ccccc1)c1ccccc1.Cl. The van der Waals surface area contributed by atoms with Gasteiger partial charge in [0, 0.05) is 26.7 Å². The number of benzene rings is 3. The van der Waals surface area contributed by atoms with E-state index in [9.17, 15) is 13.2 Å². The number of esters is 1. The molecule has 7 nitrogen and oxygen atoms in total. The Balaban J connectivity index is 0.00000506. The van der Waals surface area contributed by atoms with Gasteiger partial charge in [0.25, 0.3) is 0 Å². The van der Waals surface area contributed by atoms with Crippen molar-refractivity contribution in [1.29, 1.82) is 0 Å². The first-order valence-electron chi connectivity index (χ1n) is 15.1. The van der Waals surface area contributed by atoms with Crippen LogP contribution in [0, 0.1) is 5.92 Å². The van der Waals surface area contributed by atoms with Crippen LogP contribution in [-0.4, -0.2) is 63.0 Å². The fourth-order valence-electron chi connectivity index (χ4n) is 5.59. The van der Waals surface area contributed by atoms with Crippen LogP contribution in [0.3, 0.4) is 0 Å². The average molecular weight is 628 g/mol. The summed E-state index contributed by atoms with van der Waals surface area (Å²) in [6, 6.07) is 28.6. The predicted octanol–water partition coefficient (Wildman–Crippen LogP) is 6.07. The molecule has 0 bridgehead atoms. The van der Waals surface area contributed by atoms with Crippen molar-refractivity contribution in [2.75, 3.05) is 33.2 Å². The topological polar surface area (TPSA) is 79.0 Å². The molecule has 1 fully saturated rings. The smallest absolute Gasteiger partial charge is 0.309 e. The van der Waals surface area contributed by atoms with Gasteiger partial charge in [-0.05, 0) is 61.4 Å². The monoisotopic (exact) mass is 627 g/mol. The number of sulfonamides is 1. The summed E-state index contributed by atoms with van der Waals surface area (Å²) in [5.74, 6) is -0.244. The molecule has 1 N–H and O–H groups in total. The molecule has 1 unspecified atom stereocenters. The highest BCUT2D eigenvalue weighted by Gasteiger charge is 2.33. The van der Waals surface area contributed by atoms with Crippen LogP contribution in [0.5, 0.6) is 0 Å². The Morgan fingerprint density at radius 3 is 2.28 bits per heavy atom. The molecule has 0 amide bonds. The lowest BCUT2D eigenvalue weighted by Gasteiger charge is -2.40. The third-order valence-corrected chi connectivity index (χ3v) is 9.98. The summed E-state index contributed by atoms with van der Waals surface area (Å²) >= 11 is 0. The van der Waals surface area contributed by atoms with E-state index < -0.39 is 10.0 Å². The molecule has 234 valence electrons. The Bertz CT molecular complexity index is 1330. The maximum Gasteiger partial charge on any atom is 0.309 e. The Morgan fingerprint density at radius 1 is 1.00 bits per heavy atom. The standard InChI is InChI=1S/C34H45N3O4S.ClH/c1-3-4-22-35-33-25-30(34(38)41-27-28-14-8-5-9-15-28)20-23-37(33)24-21-31(29-16-10-6-11-17-29)26-36(2)42(39,40)32-18-12-7-13-19-32;/h5-19,30-31,33,35H,3-4,20-27H2,1-2H3;1H/t30-,31?,33+;/m0./s1. The number of carbonyl (C=O) groups excluding carboxylic acids is 1. The molecular weight excluding hydrogens is 582 g/mol. The lowest BCUT2D eigenvalue weighted by Crippen LogP contribution is -2.52. The summed E-state index contributed by atoms with van der Waals surface area (Å²) in [5.41, 5.74) is 2.12. The highest BCUT2D eigenvalue weighted by atomic mass is 35.5. The summed E-state index contributed by atoms with van der Waals surface area (Å²) in [7, 11) is -1.93. The Kier molecular flexibility index (Phi) is 14.2. The van der Waals surface area contributed by atoms with Crippen molar-refractivity contribution < 1.29 is 17.9 Å². The van der Waals surface area contributed by atoms with E-state index in [-0.39, 0.29) is 36.4 Å². The largest absolute Gasteiger partial charge is 0.461 e. The number of rotatable bonds is 15. The van der Waals surface area contributed by atoms with Gasteiger partial charge in [0.2, 0.25) is 10.0 Å². The van der Waals surface area contributed by atoms with E-state index in [4.69, 9.17) is 4.74 Å². The molecule has 43 heavy (non-hydrogen) atoms. The molecule has 0 aromatic heterocycles.